The van der Waals surface area contributed by atoms with Gasteiger partial charge in [-0.1, -0.05) is 30.3 Å². The molecule has 2 aromatic carbocycles. The maximum atomic E-state index is 14.1. The summed E-state index contributed by atoms with van der Waals surface area (Å²) in [5.74, 6) is 0.263. The lowest BCUT2D eigenvalue weighted by atomic mass is 9.77. The molecule has 1 N–H and O–H groups in total. The Morgan fingerprint density at radius 3 is 2.53 bits per heavy atom. The molecular formula is C27H32FN3O3. The molecule has 0 bridgehead atoms. The van der Waals surface area contributed by atoms with Crippen molar-refractivity contribution in [3.05, 3.63) is 65.5 Å². The average molecular weight is 466 g/mol. The topological polar surface area (TPSA) is 61.9 Å². The number of nitrogens with one attached hydrogen (secondary N) is 1. The number of imide groups is 1. The highest BCUT2D eigenvalue weighted by atomic mass is 19.1. The first-order valence-corrected chi connectivity index (χ1v) is 12.2. The summed E-state index contributed by atoms with van der Waals surface area (Å²) < 4.78 is 20.1. The van der Waals surface area contributed by atoms with Crippen LogP contribution in [0.5, 0.6) is 5.75 Å². The Morgan fingerprint density at radius 1 is 1.06 bits per heavy atom. The predicted octanol–water partition coefficient (Wildman–Crippen LogP) is 4.40. The Balaban J connectivity index is 1.22. The number of fused-ring (bicyclic) bond motifs is 2. The molecule has 0 aliphatic carbocycles. The zero-order chi connectivity index (χ0) is 23.9. The number of likely N-dealkylation sites (tertiary alicyclic amines) is 1. The standard InChI is InChI=1S/C27H32FN3O3/c1-26(2)18-27(22-17-21(28)9-10-23(22)34-26)24(32)31(25(33)29-27)14-6-13-30-15-11-20(12-16-30)19-7-4-3-5-8-19/h3-5,7-10,17,20H,6,11-16,18H2,1-2H3,(H,29,33). The Kier molecular flexibility index (Phi) is 5.84. The first-order valence-electron chi connectivity index (χ1n) is 12.2. The van der Waals surface area contributed by atoms with Gasteiger partial charge in [-0.15, -0.1) is 0 Å². The van der Waals surface area contributed by atoms with Gasteiger partial charge >= 0.3 is 6.03 Å². The number of carbonyl (C=O) groups excluding carboxylic acids is 2. The zero-order valence-electron chi connectivity index (χ0n) is 19.9. The van der Waals surface area contributed by atoms with Gasteiger partial charge < -0.3 is 15.0 Å². The van der Waals surface area contributed by atoms with Gasteiger partial charge in [-0.2, -0.15) is 0 Å². The van der Waals surface area contributed by atoms with E-state index in [9.17, 15) is 14.0 Å². The van der Waals surface area contributed by atoms with Crippen molar-refractivity contribution in [1.82, 2.24) is 15.1 Å². The summed E-state index contributed by atoms with van der Waals surface area (Å²) in [7, 11) is 0. The van der Waals surface area contributed by atoms with Crippen LogP contribution in [0.25, 0.3) is 0 Å². The molecule has 0 saturated carbocycles. The van der Waals surface area contributed by atoms with E-state index in [1.54, 1.807) is 0 Å². The number of benzene rings is 2. The van der Waals surface area contributed by atoms with Crippen molar-refractivity contribution in [2.45, 2.75) is 56.6 Å². The third-order valence-electron chi connectivity index (χ3n) is 7.37. The average Bonchev–Trinajstić information content (AvgIpc) is 3.04. The van der Waals surface area contributed by atoms with Gasteiger partial charge in [-0.05, 0) is 82.4 Å². The summed E-state index contributed by atoms with van der Waals surface area (Å²) in [4.78, 5) is 30.2. The van der Waals surface area contributed by atoms with Gasteiger partial charge in [0.1, 0.15) is 17.2 Å². The van der Waals surface area contributed by atoms with Gasteiger partial charge in [-0.3, -0.25) is 9.69 Å². The maximum Gasteiger partial charge on any atom is 0.325 e. The molecule has 2 fully saturated rings. The summed E-state index contributed by atoms with van der Waals surface area (Å²) in [6.45, 7) is 6.97. The van der Waals surface area contributed by atoms with Crippen LogP contribution in [-0.2, 0) is 10.3 Å². The zero-order valence-corrected chi connectivity index (χ0v) is 19.9. The van der Waals surface area contributed by atoms with Crippen LogP contribution < -0.4 is 10.1 Å². The van der Waals surface area contributed by atoms with Gasteiger partial charge in [0.25, 0.3) is 5.91 Å². The summed E-state index contributed by atoms with van der Waals surface area (Å²) in [6, 6.07) is 14.4. The van der Waals surface area contributed by atoms with Gasteiger partial charge in [0.2, 0.25) is 0 Å². The lowest BCUT2D eigenvalue weighted by Crippen LogP contribution is -2.53. The maximum absolute atomic E-state index is 14.1. The second-order valence-corrected chi connectivity index (χ2v) is 10.4. The number of hydrogen-bond acceptors (Lipinski definition) is 4. The smallest absolute Gasteiger partial charge is 0.325 e. The number of halogens is 1. The van der Waals surface area contributed by atoms with Crippen molar-refractivity contribution < 1.29 is 18.7 Å². The fourth-order valence-electron chi connectivity index (χ4n) is 5.79. The van der Waals surface area contributed by atoms with Gasteiger partial charge in [0.15, 0.2) is 5.54 Å². The number of rotatable bonds is 5. The summed E-state index contributed by atoms with van der Waals surface area (Å²) >= 11 is 0. The second-order valence-electron chi connectivity index (χ2n) is 10.4. The highest BCUT2D eigenvalue weighted by Gasteiger charge is 2.58. The van der Waals surface area contributed by atoms with E-state index in [-0.39, 0.29) is 12.3 Å². The normalized spacial score (nSPS) is 24.7. The second kappa shape index (κ2) is 8.69. The highest BCUT2D eigenvalue weighted by Crippen LogP contribution is 2.46. The van der Waals surface area contributed by atoms with E-state index in [1.807, 2.05) is 13.8 Å². The van der Waals surface area contributed by atoms with Crippen LogP contribution in [0.1, 0.15) is 56.6 Å². The SMILES string of the molecule is CC1(C)CC2(NC(=O)N(CCCN3CCC(c4ccccc4)CC3)C2=O)c2cc(F)ccc2O1. The Bertz CT molecular complexity index is 1080. The Labute approximate surface area is 200 Å². The lowest BCUT2D eigenvalue weighted by molar-refractivity contribution is -0.134. The van der Waals surface area contributed by atoms with Crippen LogP contribution in [0.3, 0.4) is 0 Å². The lowest BCUT2D eigenvalue weighted by Gasteiger charge is -2.42. The summed E-state index contributed by atoms with van der Waals surface area (Å²) in [5.41, 5.74) is -0.157. The van der Waals surface area contributed by atoms with Gasteiger partial charge in [-0.25, -0.2) is 9.18 Å². The molecule has 2 saturated heterocycles. The van der Waals surface area contributed by atoms with Crippen molar-refractivity contribution in [2.24, 2.45) is 0 Å². The third-order valence-corrected chi connectivity index (χ3v) is 7.37. The molecule has 34 heavy (non-hydrogen) atoms. The highest BCUT2D eigenvalue weighted by molar-refractivity contribution is 6.08. The van der Waals surface area contributed by atoms with E-state index < -0.39 is 23.0 Å². The van der Waals surface area contributed by atoms with Crippen LogP contribution in [0.2, 0.25) is 0 Å². The van der Waals surface area contributed by atoms with E-state index in [1.165, 1.54) is 28.7 Å². The number of nitrogens with zero attached hydrogens (tertiary/aromatic N) is 2. The van der Waals surface area contributed by atoms with E-state index in [4.69, 9.17) is 4.74 Å². The third kappa shape index (κ3) is 4.17. The number of piperidine rings is 1. The molecule has 6 nitrogen and oxygen atoms in total. The van der Waals surface area contributed by atoms with Crippen molar-refractivity contribution in [2.75, 3.05) is 26.2 Å². The molecule has 0 aromatic heterocycles. The van der Waals surface area contributed by atoms with E-state index in [0.717, 1.165) is 32.5 Å². The van der Waals surface area contributed by atoms with Crippen molar-refractivity contribution in [3.8, 4) is 5.75 Å². The number of hydrogen-bond donors (Lipinski definition) is 1. The number of ether oxygens (including phenoxy) is 1. The van der Waals surface area contributed by atoms with E-state index >= 15 is 0 Å². The Hall–Kier alpha value is -2.93. The van der Waals surface area contributed by atoms with E-state index in [0.29, 0.717) is 30.2 Å². The van der Waals surface area contributed by atoms with Crippen LogP contribution in [0.15, 0.2) is 48.5 Å². The summed E-state index contributed by atoms with van der Waals surface area (Å²) in [5, 5.41) is 2.90. The monoisotopic (exact) mass is 465 g/mol. The quantitative estimate of drug-likeness (QED) is 0.665. The largest absolute Gasteiger partial charge is 0.487 e. The molecule has 3 heterocycles. The minimum atomic E-state index is -1.29. The van der Waals surface area contributed by atoms with Crippen LogP contribution >= 0.6 is 0 Å². The van der Waals surface area contributed by atoms with Crippen LogP contribution in [0.4, 0.5) is 9.18 Å². The molecular weight excluding hydrogens is 433 g/mol. The van der Waals surface area contributed by atoms with E-state index in [2.05, 4.69) is 40.5 Å². The minimum absolute atomic E-state index is 0.254. The van der Waals surface area contributed by atoms with Gasteiger partial charge in [0.05, 0.1) is 0 Å². The molecule has 0 radical (unpaired) electrons. The number of amides is 3. The van der Waals surface area contributed by atoms with Crippen LogP contribution in [-0.4, -0.2) is 53.5 Å². The molecule has 3 aliphatic rings. The van der Waals surface area contributed by atoms with Crippen LogP contribution in [0, 0.1) is 5.82 Å². The van der Waals surface area contributed by atoms with Gasteiger partial charge in [0, 0.05) is 18.5 Å². The fourth-order valence-corrected chi connectivity index (χ4v) is 5.79. The van der Waals surface area contributed by atoms with Crippen molar-refractivity contribution in [1.29, 1.82) is 0 Å². The number of carbonyl (C=O) groups is 2. The molecule has 7 heteroatoms. The fraction of sp³-hybridized carbons (Fsp3) is 0.481. The molecule has 180 valence electrons. The molecule has 1 atom stereocenters. The molecule has 1 spiro atoms. The summed E-state index contributed by atoms with van der Waals surface area (Å²) in [6.07, 6.45) is 3.20. The van der Waals surface area contributed by atoms with Crippen molar-refractivity contribution >= 4 is 11.9 Å². The molecule has 5 rings (SSSR count). The molecule has 1 unspecified atom stereocenters. The first-order chi connectivity index (χ1) is 16.3. The van der Waals surface area contributed by atoms with Crippen molar-refractivity contribution in [3.63, 3.8) is 0 Å². The Morgan fingerprint density at radius 2 is 1.79 bits per heavy atom. The number of urea groups is 1. The first kappa shape index (κ1) is 22.8. The molecule has 2 aromatic rings. The predicted molar refractivity (Wildman–Crippen MR) is 127 cm³/mol. The minimum Gasteiger partial charge on any atom is -0.487 e. The molecule has 3 aliphatic heterocycles. The molecule has 3 amide bonds.